The number of β-amino-alcohol motifs (C(OH)–C–C–N with tert-alkyl or cyclic N) is 1. The van der Waals surface area contributed by atoms with E-state index < -0.39 is 11.3 Å². The van der Waals surface area contributed by atoms with E-state index in [0.717, 1.165) is 0 Å². The third kappa shape index (κ3) is 3.98. The van der Waals surface area contributed by atoms with E-state index in [1.165, 1.54) is 4.90 Å². The minimum Gasteiger partial charge on any atom is -0.444 e. The van der Waals surface area contributed by atoms with Crippen molar-refractivity contribution in [3.05, 3.63) is 0 Å². The Morgan fingerprint density at radius 1 is 1.56 bits per heavy atom. The molecule has 94 valence electrons. The van der Waals surface area contributed by atoms with Gasteiger partial charge >= 0.3 is 6.09 Å². The standard InChI is InChI=1S/C11H22N2O3/c1-8-6-13(7-11(5,15)12-8)9(14)16-10(2,3)4/h8,12,15H,6-7H2,1-5H3/t8-,11?/m0/s1. The highest BCUT2D eigenvalue weighted by atomic mass is 16.6. The molecule has 5 nitrogen and oxygen atoms in total. The van der Waals surface area contributed by atoms with Crippen LogP contribution in [0.25, 0.3) is 0 Å². The van der Waals surface area contributed by atoms with Crippen LogP contribution in [0.1, 0.15) is 34.6 Å². The lowest BCUT2D eigenvalue weighted by Gasteiger charge is -2.41. The molecule has 1 saturated heterocycles. The largest absolute Gasteiger partial charge is 0.444 e. The first-order chi connectivity index (χ1) is 7.09. The second kappa shape index (κ2) is 4.22. The van der Waals surface area contributed by atoms with Crippen LogP contribution in [-0.2, 0) is 4.74 Å². The Morgan fingerprint density at radius 3 is 2.56 bits per heavy atom. The Hall–Kier alpha value is -0.810. The van der Waals surface area contributed by atoms with Gasteiger partial charge in [0, 0.05) is 12.6 Å². The van der Waals surface area contributed by atoms with Crippen LogP contribution in [0.3, 0.4) is 0 Å². The van der Waals surface area contributed by atoms with Gasteiger partial charge in [0.15, 0.2) is 0 Å². The zero-order valence-corrected chi connectivity index (χ0v) is 10.7. The third-order valence-corrected chi connectivity index (χ3v) is 2.20. The molecule has 0 bridgehead atoms. The third-order valence-electron chi connectivity index (χ3n) is 2.20. The first-order valence-corrected chi connectivity index (χ1v) is 5.57. The Bertz CT molecular complexity index is 271. The van der Waals surface area contributed by atoms with Crippen LogP contribution < -0.4 is 5.32 Å². The van der Waals surface area contributed by atoms with Gasteiger partial charge in [-0.2, -0.15) is 0 Å². The predicted octanol–water partition coefficient (Wildman–Crippen LogP) is 0.924. The van der Waals surface area contributed by atoms with Gasteiger partial charge in [0.2, 0.25) is 0 Å². The molecule has 1 heterocycles. The van der Waals surface area contributed by atoms with Crippen molar-refractivity contribution in [2.24, 2.45) is 0 Å². The Morgan fingerprint density at radius 2 is 2.12 bits per heavy atom. The van der Waals surface area contributed by atoms with Gasteiger partial charge in [-0.3, -0.25) is 5.32 Å². The summed E-state index contributed by atoms with van der Waals surface area (Å²) in [5.74, 6) is 0. The molecule has 1 fully saturated rings. The fourth-order valence-electron chi connectivity index (χ4n) is 1.85. The van der Waals surface area contributed by atoms with Gasteiger partial charge < -0.3 is 14.7 Å². The average Bonchev–Trinajstić information content (AvgIpc) is 1.96. The molecule has 2 N–H and O–H groups in total. The van der Waals surface area contributed by atoms with Crippen molar-refractivity contribution in [2.45, 2.75) is 52.0 Å². The summed E-state index contributed by atoms with van der Waals surface area (Å²) in [7, 11) is 0. The molecular weight excluding hydrogens is 208 g/mol. The molecule has 0 aliphatic carbocycles. The van der Waals surface area contributed by atoms with Gasteiger partial charge in [-0.1, -0.05) is 0 Å². The number of amides is 1. The van der Waals surface area contributed by atoms with Gasteiger partial charge in [-0.05, 0) is 34.6 Å². The molecule has 1 amide bonds. The van der Waals surface area contributed by atoms with Gasteiger partial charge in [0.05, 0.1) is 6.54 Å². The smallest absolute Gasteiger partial charge is 0.410 e. The number of nitrogens with zero attached hydrogens (tertiary/aromatic N) is 1. The van der Waals surface area contributed by atoms with Crippen molar-refractivity contribution >= 4 is 6.09 Å². The molecule has 1 rings (SSSR count). The van der Waals surface area contributed by atoms with Crippen LogP contribution in [0.2, 0.25) is 0 Å². The van der Waals surface area contributed by atoms with Crippen LogP contribution >= 0.6 is 0 Å². The van der Waals surface area contributed by atoms with E-state index in [-0.39, 0.29) is 18.7 Å². The van der Waals surface area contributed by atoms with E-state index in [2.05, 4.69) is 5.32 Å². The number of aliphatic hydroxyl groups is 1. The molecule has 1 aliphatic rings. The summed E-state index contributed by atoms with van der Waals surface area (Å²) in [5, 5.41) is 12.9. The van der Waals surface area contributed by atoms with E-state index in [0.29, 0.717) is 6.54 Å². The van der Waals surface area contributed by atoms with Crippen molar-refractivity contribution in [3.63, 3.8) is 0 Å². The maximum atomic E-state index is 11.8. The minimum absolute atomic E-state index is 0.0521. The molecule has 1 unspecified atom stereocenters. The van der Waals surface area contributed by atoms with Crippen molar-refractivity contribution in [2.75, 3.05) is 13.1 Å². The zero-order chi connectivity index (χ0) is 12.6. The molecule has 2 atom stereocenters. The van der Waals surface area contributed by atoms with Crippen LogP contribution in [0.15, 0.2) is 0 Å². The topological polar surface area (TPSA) is 61.8 Å². The second-order valence-electron chi connectivity index (χ2n) is 5.68. The Kier molecular flexibility index (Phi) is 3.50. The number of carbonyl (C=O) groups excluding carboxylic acids is 1. The summed E-state index contributed by atoms with van der Waals surface area (Å²) >= 11 is 0. The number of ether oxygens (including phenoxy) is 1. The molecule has 0 saturated carbocycles. The van der Waals surface area contributed by atoms with Crippen LogP contribution in [0, 0.1) is 0 Å². The molecule has 0 aromatic heterocycles. The van der Waals surface area contributed by atoms with Gasteiger partial charge in [-0.15, -0.1) is 0 Å². The van der Waals surface area contributed by atoms with Gasteiger partial charge in [0.1, 0.15) is 11.3 Å². The summed E-state index contributed by atoms with van der Waals surface area (Å²) in [5.41, 5.74) is -1.55. The van der Waals surface area contributed by atoms with Crippen molar-refractivity contribution in [3.8, 4) is 0 Å². The lowest BCUT2D eigenvalue weighted by molar-refractivity contribution is -0.0575. The van der Waals surface area contributed by atoms with Crippen LogP contribution in [-0.4, -0.2) is 46.6 Å². The van der Waals surface area contributed by atoms with E-state index in [9.17, 15) is 9.90 Å². The molecule has 1 aliphatic heterocycles. The zero-order valence-electron chi connectivity index (χ0n) is 10.7. The van der Waals surface area contributed by atoms with Crippen LogP contribution in [0.4, 0.5) is 4.79 Å². The normalized spacial score (nSPS) is 31.4. The van der Waals surface area contributed by atoms with Crippen molar-refractivity contribution < 1.29 is 14.6 Å². The highest BCUT2D eigenvalue weighted by Crippen LogP contribution is 2.16. The lowest BCUT2D eigenvalue weighted by Crippen LogP contribution is -2.64. The SMILES string of the molecule is C[C@H]1CN(C(=O)OC(C)(C)C)CC(C)(O)N1. The number of hydrogen-bond acceptors (Lipinski definition) is 4. The molecule has 0 spiro atoms. The molecule has 0 radical (unpaired) electrons. The Labute approximate surface area is 96.8 Å². The molecular formula is C11H22N2O3. The monoisotopic (exact) mass is 230 g/mol. The Balaban J connectivity index is 2.63. The van der Waals surface area contributed by atoms with Crippen molar-refractivity contribution in [1.82, 2.24) is 10.2 Å². The summed E-state index contributed by atoms with van der Waals surface area (Å²) in [6, 6.07) is 0.0521. The summed E-state index contributed by atoms with van der Waals surface area (Å²) < 4.78 is 5.27. The number of nitrogens with one attached hydrogen (secondary N) is 1. The first kappa shape index (κ1) is 13.3. The van der Waals surface area contributed by atoms with E-state index >= 15 is 0 Å². The van der Waals surface area contributed by atoms with Crippen LogP contribution in [0.5, 0.6) is 0 Å². The number of carbonyl (C=O) groups is 1. The second-order valence-corrected chi connectivity index (χ2v) is 5.68. The molecule has 0 aromatic carbocycles. The molecule has 16 heavy (non-hydrogen) atoms. The maximum absolute atomic E-state index is 11.8. The number of rotatable bonds is 0. The van der Waals surface area contributed by atoms with Crippen molar-refractivity contribution in [1.29, 1.82) is 0 Å². The van der Waals surface area contributed by atoms with E-state index in [1.807, 2.05) is 27.7 Å². The van der Waals surface area contributed by atoms with Gasteiger partial charge in [-0.25, -0.2) is 4.79 Å². The minimum atomic E-state index is -1.05. The number of piperazine rings is 1. The summed E-state index contributed by atoms with van der Waals surface area (Å²) in [6.45, 7) is 9.85. The first-order valence-electron chi connectivity index (χ1n) is 5.57. The fourth-order valence-corrected chi connectivity index (χ4v) is 1.85. The van der Waals surface area contributed by atoms with E-state index in [4.69, 9.17) is 4.74 Å². The summed E-state index contributed by atoms with van der Waals surface area (Å²) in [4.78, 5) is 13.3. The highest BCUT2D eigenvalue weighted by molar-refractivity contribution is 5.68. The fraction of sp³-hybridized carbons (Fsp3) is 0.909. The predicted molar refractivity (Wildman–Crippen MR) is 61.0 cm³/mol. The number of hydrogen-bond donors (Lipinski definition) is 2. The quantitative estimate of drug-likeness (QED) is 0.649. The van der Waals surface area contributed by atoms with E-state index in [1.54, 1.807) is 6.92 Å². The lowest BCUT2D eigenvalue weighted by atomic mass is 10.1. The highest BCUT2D eigenvalue weighted by Gasteiger charge is 2.35. The summed E-state index contributed by atoms with van der Waals surface area (Å²) in [6.07, 6.45) is -0.374. The molecule has 0 aromatic rings. The average molecular weight is 230 g/mol. The molecule has 5 heteroatoms. The van der Waals surface area contributed by atoms with Gasteiger partial charge in [0.25, 0.3) is 0 Å². The maximum Gasteiger partial charge on any atom is 0.410 e.